The molecule has 0 unspecified atom stereocenters. The molecule has 0 bridgehead atoms. The van der Waals surface area contributed by atoms with Gasteiger partial charge in [-0.3, -0.25) is 9.67 Å². The van der Waals surface area contributed by atoms with Crippen LogP contribution in [0.25, 0.3) is 22.0 Å². The summed E-state index contributed by atoms with van der Waals surface area (Å²) in [6.45, 7) is 1.36. The molecule has 272 valence electrons. The second-order valence-electron chi connectivity index (χ2n) is 13.3. The van der Waals surface area contributed by atoms with Crippen molar-refractivity contribution in [1.29, 1.82) is 0 Å². The fourth-order valence-electron chi connectivity index (χ4n) is 7.42. The Morgan fingerprint density at radius 3 is 1.81 bits per heavy atom. The molecule has 0 spiro atoms. The van der Waals surface area contributed by atoms with Crippen molar-refractivity contribution in [2.45, 2.75) is 34.9 Å². The molecule has 8 rings (SSSR count). The highest BCUT2D eigenvalue weighted by Crippen LogP contribution is 2.42. The van der Waals surface area contributed by atoms with Crippen molar-refractivity contribution in [3.8, 4) is 16.9 Å². The minimum Gasteiger partial charge on any atom is -0.490 e. The molecule has 0 atom stereocenters. The van der Waals surface area contributed by atoms with Crippen molar-refractivity contribution < 1.29 is 26.3 Å². The Bertz CT molecular complexity index is 2390. The second kappa shape index (κ2) is 14.1. The van der Waals surface area contributed by atoms with Crippen LogP contribution in [-0.2, 0) is 15.4 Å². The van der Waals surface area contributed by atoms with Crippen LogP contribution in [-0.4, -0.2) is 47.9 Å². The zero-order valence-corrected chi connectivity index (χ0v) is 29.8. The summed E-state index contributed by atoms with van der Waals surface area (Å²) < 4.78 is 70.5. The van der Waals surface area contributed by atoms with E-state index in [9.17, 15) is 21.6 Å². The smallest absolute Gasteiger partial charge is 0.490 e. The molecule has 2 aromatic heterocycles. The van der Waals surface area contributed by atoms with Gasteiger partial charge < -0.3 is 9.64 Å². The molecule has 0 radical (unpaired) electrons. The Hall–Kier alpha value is -5.94. The number of fused-ring (bicyclic) bond motifs is 1. The number of hydrogen-bond acceptors (Lipinski definition) is 6. The summed E-state index contributed by atoms with van der Waals surface area (Å²) in [6.07, 6.45) is 6.98. The van der Waals surface area contributed by atoms with E-state index >= 15 is 0 Å². The molecule has 1 fully saturated rings. The van der Waals surface area contributed by atoms with Gasteiger partial charge in [-0.15, -0.1) is 0 Å². The Morgan fingerprint density at radius 1 is 0.685 bits per heavy atom. The van der Waals surface area contributed by atoms with E-state index in [1.54, 1.807) is 0 Å². The highest BCUT2D eigenvalue weighted by molar-refractivity contribution is 7.92. The summed E-state index contributed by atoms with van der Waals surface area (Å²) in [5.74, 6) is 0.324. The van der Waals surface area contributed by atoms with Gasteiger partial charge in [0.05, 0.1) is 16.6 Å². The van der Waals surface area contributed by atoms with E-state index in [-0.39, 0.29) is 6.10 Å². The van der Waals surface area contributed by atoms with Gasteiger partial charge >= 0.3 is 5.51 Å². The summed E-state index contributed by atoms with van der Waals surface area (Å²) >= 11 is 0. The molecule has 0 amide bonds. The number of sulfone groups is 1. The number of hydrogen-bond donors (Lipinski definition) is 0. The average Bonchev–Trinajstić information content (AvgIpc) is 3.70. The molecule has 3 heterocycles. The minimum atomic E-state index is -5.42. The van der Waals surface area contributed by atoms with E-state index in [0.717, 1.165) is 56.5 Å². The quantitative estimate of drug-likeness (QED) is 0.137. The van der Waals surface area contributed by atoms with Crippen molar-refractivity contribution in [3.05, 3.63) is 175 Å². The molecular weight excluding hydrogens is 710 g/mol. The fraction of sp³-hybridized carbons (Fsp3) is 0.163. The summed E-state index contributed by atoms with van der Waals surface area (Å²) in [6, 6.07) is 44.0. The molecule has 1 saturated heterocycles. The number of nitrogens with zero attached hydrogens (tertiary/aromatic N) is 4. The molecular formula is C43H35F3N4O3S. The molecule has 0 N–H and O–H groups in total. The van der Waals surface area contributed by atoms with E-state index in [1.807, 2.05) is 42.7 Å². The maximum atomic E-state index is 13.0. The number of anilines is 1. The Morgan fingerprint density at radius 2 is 1.26 bits per heavy atom. The van der Waals surface area contributed by atoms with E-state index in [1.165, 1.54) is 12.1 Å². The lowest BCUT2D eigenvalue weighted by molar-refractivity contribution is -0.0436. The largest absolute Gasteiger partial charge is 0.501 e. The molecule has 1 aliphatic rings. The van der Waals surface area contributed by atoms with Crippen LogP contribution in [0.1, 0.15) is 29.5 Å². The Labute approximate surface area is 311 Å². The predicted molar refractivity (Wildman–Crippen MR) is 203 cm³/mol. The van der Waals surface area contributed by atoms with Gasteiger partial charge in [-0.25, -0.2) is 8.42 Å². The molecule has 1 aliphatic heterocycles. The van der Waals surface area contributed by atoms with Crippen molar-refractivity contribution in [2.24, 2.45) is 0 Å². The standard InChI is InChI=1S/C43H35F3N4O3S/c44-43(45,46)54(51,52)38-19-17-36(18-20-38)53-37-23-26-49(27-24-37)41-22-25-47-40-21-16-31(28-39(40)41)32-29-48-50(30-32)42(33-10-4-1-5-11-33,34-12-6-2-7-13-34)35-14-8-3-9-15-35/h1-22,25,28-30,37H,23-24,26-27H2. The summed E-state index contributed by atoms with van der Waals surface area (Å²) in [7, 11) is -5.42. The Balaban J connectivity index is 1.07. The monoisotopic (exact) mass is 744 g/mol. The maximum Gasteiger partial charge on any atom is 0.501 e. The van der Waals surface area contributed by atoms with Crippen LogP contribution in [0.4, 0.5) is 18.9 Å². The first-order chi connectivity index (χ1) is 26.1. The highest BCUT2D eigenvalue weighted by atomic mass is 32.2. The normalized spacial score (nSPS) is 14.3. The lowest BCUT2D eigenvalue weighted by atomic mass is 9.77. The lowest BCUT2D eigenvalue weighted by Gasteiger charge is -2.36. The molecule has 0 aliphatic carbocycles. The third-order valence-corrected chi connectivity index (χ3v) is 11.6. The first-order valence-electron chi connectivity index (χ1n) is 17.6. The molecule has 11 heteroatoms. The number of piperidine rings is 1. The summed E-state index contributed by atoms with van der Waals surface area (Å²) in [5, 5.41) is 6.06. The van der Waals surface area contributed by atoms with Gasteiger partial charge in [0, 0.05) is 55.0 Å². The van der Waals surface area contributed by atoms with Crippen LogP contribution in [0.3, 0.4) is 0 Å². The van der Waals surface area contributed by atoms with E-state index in [4.69, 9.17) is 9.84 Å². The van der Waals surface area contributed by atoms with Crippen molar-refractivity contribution in [3.63, 3.8) is 0 Å². The van der Waals surface area contributed by atoms with Gasteiger partial charge in [-0.2, -0.15) is 18.3 Å². The SMILES string of the molecule is O=S(=O)(c1ccc(OC2CCN(c3ccnc4ccc(-c5cnn(C(c6ccccc6)(c6ccccc6)c6ccccc6)c5)cc34)CC2)cc1)C(F)(F)F. The molecule has 5 aromatic carbocycles. The number of benzene rings is 5. The van der Waals surface area contributed by atoms with Crippen molar-refractivity contribution >= 4 is 26.4 Å². The zero-order valence-electron chi connectivity index (χ0n) is 29.0. The minimum absolute atomic E-state index is 0.181. The van der Waals surface area contributed by atoms with Crippen LogP contribution in [0.2, 0.25) is 0 Å². The zero-order chi connectivity index (χ0) is 37.3. The number of halogens is 3. The fourth-order valence-corrected chi connectivity index (χ4v) is 8.18. The molecule has 7 aromatic rings. The number of pyridine rings is 1. The van der Waals surface area contributed by atoms with Gasteiger partial charge in [-0.1, -0.05) is 97.1 Å². The van der Waals surface area contributed by atoms with Gasteiger partial charge in [0.25, 0.3) is 9.84 Å². The third kappa shape index (κ3) is 6.38. The summed E-state index contributed by atoms with van der Waals surface area (Å²) in [4.78, 5) is 6.14. The van der Waals surface area contributed by atoms with Gasteiger partial charge in [-0.05, 0) is 64.7 Å². The number of ether oxygens (including phenoxy) is 1. The van der Waals surface area contributed by atoms with Crippen LogP contribution in [0.5, 0.6) is 5.75 Å². The van der Waals surface area contributed by atoms with Crippen LogP contribution in [0.15, 0.2) is 163 Å². The summed E-state index contributed by atoms with van der Waals surface area (Å²) in [5.41, 5.74) is 1.02. The van der Waals surface area contributed by atoms with E-state index < -0.39 is 25.8 Å². The third-order valence-electron chi connectivity index (χ3n) is 10.1. The van der Waals surface area contributed by atoms with Crippen molar-refractivity contribution in [2.75, 3.05) is 18.0 Å². The maximum absolute atomic E-state index is 13.0. The molecule has 7 nitrogen and oxygen atoms in total. The van der Waals surface area contributed by atoms with Crippen LogP contribution >= 0.6 is 0 Å². The lowest BCUT2D eigenvalue weighted by Crippen LogP contribution is -2.38. The average molecular weight is 745 g/mol. The van der Waals surface area contributed by atoms with Crippen LogP contribution < -0.4 is 9.64 Å². The topological polar surface area (TPSA) is 77.3 Å². The van der Waals surface area contributed by atoms with Crippen LogP contribution in [0, 0.1) is 0 Å². The number of aromatic nitrogens is 3. The van der Waals surface area contributed by atoms with Gasteiger partial charge in [0.1, 0.15) is 17.4 Å². The Kier molecular flexibility index (Phi) is 9.19. The van der Waals surface area contributed by atoms with E-state index in [0.29, 0.717) is 31.7 Å². The van der Waals surface area contributed by atoms with E-state index in [2.05, 4.69) is 106 Å². The number of rotatable bonds is 9. The number of alkyl halides is 3. The van der Waals surface area contributed by atoms with Crippen molar-refractivity contribution in [1.82, 2.24) is 14.8 Å². The highest BCUT2D eigenvalue weighted by Gasteiger charge is 2.47. The first kappa shape index (κ1) is 35.1. The second-order valence-corrected chi connectivity index (χ2v) is 15.2. The van der Waals surface area contributed by atoms with Gasteiger partial charge in [0.15, 0.2) is 0 Å². The molecule has 54 heavy (non-hydrogen) atoms. The predicted octanol–water partition coefficient (Wildman–Crippen LogP) is 9.28. The van der Waals surface area contributed by atoms with Gasteiger partial charge in [0.2, 0.25) is 0 Å². The molecule has 0 saturated carbocycles. The first-order valence-corrected chi connectivity index (χ1v) is 19.1.